The highest BCUT2D eigenvalue weighted by Gasteiger charge is 2.39. The van der Waals surface area contributed by atoms with E-state index in [9.17, 15) is 14.4 Å². The smallest absolute Gasteiger partial charge is 0.258 e. The van der Waals surface area contributed by atoms with Gasteiger partial charge in [0.2, 0.25) is 11.8 Å². The van der Waals surface area contributed by atoms with Gasteiger partial charge in [0.15, 0.2) is 0 Å². The van der Waals surface area contributed by atoms with Crippen molar-refractivity contribution in [2.45, 2.75) is 62.9 Å². The van der Waals surface area contributed by atoms with Gasteiger partial charge in [-0.25, -0.2) is 0 Å². The van der Waals surface area contributed by atoms with Gasteiger partial charge in [0.05, 0.1) is 42.1 Å². The summed E-state index contributed by atoms with van der Waals surface area (Å²) < 4.78 is 18.1. The van der Waals surface area contributed by atoms with E-state index in [0.717, 1.165) is 18.4 Å². The molecule has 3 amide bonds. The second kappa shape index (κ2) is 14.4. The van der Waals surface area contributed by atoms with E-state index < -0.39 is 12.1 Å². The van der Waals surface area contributed by atoms with Crippen molar-refractivity contribution in [3.63, 3.8) is 0 Å². The van der Waals surface area contributed by atoms with Gasteiger partial charge in [-0.3, -0.25) is 19.3 Å². The quantitative estimate of drug-likeness (QED) is 0.535. The van der Waals surface area contributed by atoms with Crippen LogP contribution in [0, 0.1) is 17.2 Å². The molecule has 2 aromatic rings. The fourth-order valence-corrected chi connectivity index (χ4v) is 6.73. The number of ether oxygens (including phenoxy) is 3. The van der Waals surface area contributed by atoms with Gasteiger partial charge in [-0.2, -0.15) is 5.26 Å². The normalized spacial score (nSPS) is 26.7. The zero-order chi connectivity index (χ0) is 31.2. The molecule has 11 nitrogen and oxygen atoms in total. The maximum absolute atomic E-state index is 14.0. The van der Waals surface area contributed by atoms with E-state index in [1.807, 2.05) is 24.3 Å². The molecule has 0 aliphatic carbocycles. The number of hydrogen-bond acceptors (Lipinski definition) is 8. The Balaban J connectivity index is 1.22. The molecule has 3 fully saturated rings. The molecular weight excluding hydrogens is 574 g/mol. The van der Waals surface area contributed by atoms with Gasteiger partial charge in [-0.05, 0) is 55.5 Å². The lowest BCUT2D eigenvalue weighted by atomic mass is 9.94. The maximum Gasteiger partial charge on any atom is 0.258 e. The van der Waals surface area contributed by atoms with Crippen molar-refractivity contribution >= 4 is 17.7 Å². The molecule has 3 saturated heterocycles. The van der Waals surface area contributed by atoms with Gasteiger partial charge in [0.25, 0.3) is 5.91 Å². The van der Waals surface area contributed by atoms with E-state index in [1.165, 1.54) is 0 Å². The molecule has 0 unspecified atom stereocenters. The lowest BCUT2D eigenvalue weighted by molar-refractivity contribution is -0.134. The monoisotopic (exact) mass is 615 g/mol. The maximum atomic E-state index is 14.0. The van der Waals surface area contributed by atoms with Crippen molar-refractivity contribution < 1.29 is 28.6 Å². The van der Waals surface area contributed by atoms with Crippen LogP contribution in [-0.4, -0.2) is 97.8 Å². The second-order valence-corrected chi connectivity index (χ2v) is 12.3. The van der Waals surface area contributed by atoms with E-state index in [-0.39, 0.29) is 42.3 Å². The van der Waals surface area contributed by atoms with Gasteiger partial charge in [0.1, 0.15) is 11.8 Å². The van der Waals surface area contributed by atoms with Gasteiger partial charge in [-0.15, -0.1) is 0 Å². The number of piperazine rings is 1. The Morgan fingerprint density at radius 1 is 0.978 bits per heavy atom. The van der Waals surface area contributed by atoms with Crippen molar-refractivity contribution in [1.29, 1.82) is 5.26 Å². The summed E-state index contributed by atoms with van der Waals surface area (Å²) >= 11 is 0. The summed E-state index contributed by atoms with van der Waals surface area (Å²) in [6, 6.07) is 15.8. The Morgan fingerprint density at radius 2 is 1.78 bits per heavy atom. The Hall–Kier alpha value is -3.98. The number of benzene rings is 2. The number of hydrogen-bond donors (Lipinski definition) is 2. The second-order valence-electron chi connectivity index (χ2n) is 12.3. The highest BCUT2D eigenvalue weighted by molar-refractivity contribution is 6.00. The Kier molecular flexibility index (Phi) is 9.94. The van der Waals surface area contributed by atoms with Crippen LogP contribution in [-0.2, 0) is 25.6 Å². The van der Waals surface area contributed by atoms with Crippen molar-refractivity contribution in [3.8, 4) is 11.8 Å². The van der Waals surface area contributed by atoms with Gasteiger partial charge in [0, 0.05) is 58.3 Å². The van der Waals surface area contributed by atoms with E-state index in [2.05, 4.69) is 21.6 Å². The van der Waals surface area contributed by atoms with Crippen molar-refractivity contribution in [3.05, 3.63) is 65.2 Å². The first-order chi connectivity index (χ1) is 22.0. The van der Waals surface area contributed by atoms with E-state index in [1.54, 1.807) is 29.2 Å². The molecule has 0 spiro atoms. The van der Waals surface area contributed by atoms with E-state index in [4.69, 9.17) is 19.5 Å². The first kappa shape index (κ1) is 31.0. The van der Waals surface area contributed by atoms with Crippen LogP contribution in [0.3, 0.4) is 0 Å². The number of nitrogens with zero attached hydrogens (tertiary/aromatic N) is 3. The predicted molar refractivity (Wildman–Crippen MR) is 164 cm³/mol. The zero-order valence-electron chi connectivity index (χ0n) is 25.5. The summed E-state index contributed by atoms with van der Waals surface area (Å²) in [5.74, 6) is -0.0735. The summed E-state index contributed by atoms with van der Waals surface area (Å²) in [4.78, 5) is 44.8. The lowest BCUT2D eigenvalue weighted by Crippen LogP contribution is -2.62. The SMILES string of the molecule is N#Cc1ccc(CN2CCN3C(=O)c4ccccc4OCC[C@@H]4CC[C@@H](NC(=O)C5CCOCC5)[C@@H](CNC(=O)[C@@H]3C2)O4)cc1. The molecule has 4 aliphatic rings. The number of fused-ring (bicyclic) bond motifs is 4. The lowest BCUT2D eigenvalue weighted by Gasteiger charge is -2.42. The molecule has 0 radical (unpaired) electrons. The first-order valence-corrected chi connectivity index (χ1v) is 16.0. The molecule has 6 rings (SSSR count). The van der Waals surface area contributed by atoms with Gasteiger partial charge >= 0.3 is 0 Å². The Labute approximate surface area is 263 Å². The molecule has 2 N–H and O–H groups in total. The highest BCUT2D eigenvalue weighted by atomic mass is 16.5. The molecule has 0 saturated carbocycles. The highest BCUT2D eigenvalue weighted by Crippen LogP contribution is 2.27. The van der Waals surface area contributed by atoms with Crippen molar-refractivity contribution in [2.75, 3.05) is 46.0 Å². The fraction of sp³-hybridized carbons (Fsp3) is 0.529. The number of carbonyl (C=O) groups excluding carboxylic acids is 3. The topological polar surface area (TPSA) is 133 Å². The number of rotatable bonds is 4. The standard InChI is InChI=1S/C34H41N5O6/c35-19-23-5-7-24(8-6-23)21-38-14-15-39-29(22-38)33(41)36-20-31-28(37-32(40)25-11-16-43-17-12-25)10-9-26(45-31)13-18-44-30-4-2-1-3-27(30)34(39)42/h1-8,25-26,28-29,31H,9-18,20-22H2,(H,36,41)(H,37,40)/t26-,28+,29-,31+/m0/s1. The third-order valence-corrected chi connectivity index (χ3v) is 9.34. The minimum atomic E-state index is -0.740. The Morgan fingerprint density at radius 3 is 2.58 bits per heavy atom. The predicted octanol–water partition coefficient (Wildman–Crippen LogP) is 2.24. The molecule has 2 bridgehead atoms. The van der Waals surface area contributed by atoms with E-state index >= 15 is 0 Å². The molecule has 4 atom stereocenters. The van der Waals surface area contributed by atoms with E-state index in [0.29, 0.717) is 82.1 Å². The summed E-state index contributed by atoms with van der Waals surface area (Å²) in [7, 11) is 0. The molecule has 11 heteroatoms. The minimum absolute atomic E-state index is 0.0125. The average molecular weight is 616 g/mol. The first-order valence-electron chi connectivity index (χ1n) is 16.0. The van der Waals surface area contributed by atoms with Crippen LogP contribution >= 0.6 is 0 Å². The minimum Gasteiger partial charge on any atom is -0.493 e. The molecular formula is C34H41N5O6. The fourth-order valence-electron chi connectivity index (χ4n) is 6.73. The summed E-state index contributed by atoms with van der Waals surface area (Å²) in [5, 5.41) is 15.5. The van der Waals surface area contributed by atoms with Crippen molar-refractivity contribution in [2.24, 2.45) is 5.92 Å². The van der Waals surface area contributed by atoms with Crippen LogP contribution in [0.2, 0.25) is 0 Å². The molecule has 0 aromatic heterocycles. The van der Waals surface area contributed by atoms with Crippen LogP contribution in [0.25, 0.3) is 0 Å². The number of amides is 3. The molecule has 4 heterocycles. The van der Waals surface area contributed by atoms with Gasteiger partial charge < -0.3 is 29.7 Å². The van der Waals surface area contributed by atoms with Crippen LogP contribution < -0.4 is 15.4 Å². The van der Waals surface area contributed by atoms with Crippen molar-refractivity contribution in [1.82, 2.24) is 20.4 Å². The zero-order valence-corrected chi connectivity index (χ0v) is 25.5. The molecule has 238 valence electrons. The van der Waals surface area contributed by atoms with Crippen LogP contribution in [0.15, 0.2) is 48.5 Å². The number of carbonyl (C=O) groups is 3. The number of para-hydroxylation sites is 1. The molecule has 45 heavy (non-hydrogen) atoms. The van der Waals surface area contributed by atoms with Gasteiger partial charge in [-0.1, -0.05) is 24.3 Å². The third-order valence-electron chi connectivity index (χ3n) is 9.34. The summed E-state index contributed by atoms with van der Waals surface area (Å²) in [6.07, 6.45) is 3.03. The van der Waals surface area contributed by atoms with Crippen LogP contribution in [0.1, 0.15) is 53.6 Å². The van der Waals surface area contributed by atoms with Crippen LogP contribution in [0.5, 0.6) is 5.75 Å². The summed E-state index contributed by atoms with van der Waals surface area (Å²) in [5.41, 5.74) is 2.06. The largest absolute Gasteiger partial charge is 0.493 e. The van der Waals surface area contributed by atoms with Crippen LogP contribution in [0.4, 0.5) is 0 Å². The summed E-state index contributed by atoms with van der Waals surface area (Å²) in [6.45, 7) is 3.67. The number of nitriles is 1. The average Bonchev–Trinajstić information content (AvgIpc) is 3.08. The number of nitrogens with one attached hydrogen (secondary N) is 2. The third kappa shape index (κ3) is 7.47. The molecule has 2 aromatic carbocycles. The Bertz CT molecular complexity index is 1400. The molecule has 4 aliphatic heterocycles.